The maximum absolute atomic E-state index is 4.90. The Bertz CT molecular complexity index is 173. The Kier molecular flexibility index (Phi) is 2.42. The van der Waals surface area contributed by atoms with Crippen LogP contribution < -0.4 is 5.90 Å². The van der Waals surface area contributed by atoms with Crippen LogP contribution in [0.4, 0.5) is 0 Å². The summed E-state index contributed by atoms with van der Waals surface area (Å²) in [7, 11) is 0. The summed E-state index contributed by atoms with van der Waals surface area (Å²) >= 11 is 0. The largest absolute Gasteiger partial charge is 0.304 e. The molecule has 0 saturated heterocycles. The molecule has 10 heavy (non-hydrogen) atoms. The SMILES string of the molecule is CC(CON)c1cn[nH]c1. The lowest BCUT2D eigenvalue weighted by atomic mass is 10.1. The average molecular weight is 141 g/mol. The number of hydrogen-bond acceptors (Lipinski definition) is 3. The van der Waals surface area contributed by atoms with E-state index in [4.69, 9.17) is 5.90 Å². The Morgan fingerprint density at radius 2 is 2.70 bits per heavy atom. The van der Waals surface area contributed by atoms with Crippen molar-refractivity contribution in [3.05, 3.63) is 18.0 Å². The highest BCUT2D eigenvalue weighted by Gasteiger charge is 2.04. The highest BCUT2D eigenvalue weighted by atomic mass is 16.6. The highest BCUT2D eigenvalue weighted by Crippen LogP contribution is 2.11. The van der Waals surface area contributed by atoms with E-state index in [1.165, 1.54) is 0 Å². The number of nitrogens with one attached hydrogen (secondary N) is 1. The van der Waals surface area contributed by atoms with E-state index < -0.39 is 0 Å². The van der Waals surface area contributed by atoms with Crippen LogP contribution in [0.5, 0.6) is 0 Å². The molecule has 1 atom stereocenters. The van der Waals surface area contributed by atoms with Gasteiger partial charge < -0.3 is 4.84 Å². The zero-order valence-corrected chi connectivity index (χ0v) is 5.87. The maximum atomic E-state index is 4.90. The van der Waals surface area contributed by atoms with Crippen LogP contribution in [-0.2, 0) is 4.84 Å². The molecule has 0 aliphatic heterocycles. The highest BCUT2D eigenvalue weighted by molar-refractivity contribution is 5.08. The fraction of sp³-hybridized carbons (Fsp3) is 0.500. The van der Waals surface area contributed by atoms with E-state index in [1.807, 2.05) is 13.1 Å². The van der Waals surface area contributed by atoms with Crippen molar-refractivity contribution in [3.8, 4) is 0 Å². The number of hydrogen-bond donors (Lipinski definition) is 2. The van der Waals surface area contributed by atoms with E-state index in [9.17, 15) is 0 Å². The maximum Gasteiger partial charge on any atom is 0.0746 e. The molecule has 1 rings (SSSR count). The fourth-order valence-corrected chi connectivity index (χ4v) is 0.771. The first-order valence-corrected chi connectivity index (χ1v) is 3.15. The van der Waals surface area contributed by atoms with E-state index in [2.05, 4.69) is 15.0 Å². The van der Waals surface area contributed by atoms with Gasteiger partial charge in [-0.1, -0.05) is 6.92 Å². The van der Waals surface area contributed by atoms with Gasteiger partial charge in [0.2, 0.25) is 0 Å². The van der Waals surface area contributed by atoms with Gasteiger partial charge in [-0.15, -0.1) is 0 Å². The van der Waals surface area contributed by atoms with Crippen LogP contribution in [0.25, 0.3) is 0 Å². The summed E-state index contributed by atoms with van der Waals surface area (Å²) in [6.45, 7) is 2.55. The van der Waals surface area contributed by atoms with Gasteiger partial charge in [-0.05, 0) is 5.56 Å². The van der Waals surface area contributed by atoms with Crippen molar-refractivity contribution in [2.45, 2.75) is 12.8 Å². The van der Waals surface area contributed by atoms with Crippen LogP contribution in [0, 0.1) is 0 Å². The average Bonchev–Trinajstić information content (AvgIpc) is 2.38. The van der Waals surface area contributed by atoms with Gasteiger partial charge in [-0.25, -0.2) is 5.90 Å². The molecular formula is C6H11N3O. The van der Waals surface area contributed by atoms with Crippen molar-refractivity contribution >= 4 is 0 Å². The molecule has 4 nitrogen and oxygen atoms in total. The number of aromatic amines is 1. The first kappa shape index (κ1) is 7.24. The summed E-state index contributed by atoms with van der Waals surface area (Å²) in [5.41, 5.74) is 1.12. The number of nitrogens with zero attached hydrogens (tertiary/aromatic N) is 1. The second-order valence-electron chi connectivity index (χ2n) is 2.27. The molecule has 56 valence electrons. The summed E-state index contributed by atoms with van der Waals surface area (Å²) in [6, 6.07) is 0. The Hall–Kier alpha value is -0.870. The smallest absolute Gasteiger partial charge is 0.0746 e. The van der Waals surface area contributed by atoms with Crippen LogP contribution in [0.15, 0.2) is 12.4 Å². The van der Waals surface area contributed by atoms with E-state index in [-0.39, 0.29) is 0 Å². The molecule has 1 heterocycles. The Labute approximate surface area is 59.3 Å². The molecule has 0 radical (unpaired) electrons. The van der Waals surface area contributed by atoms with Crippen LogP contribution in [0.3, 0.4) is 0 Å². The summed E-state index contributed by atoms with van der Waals surface area (Å²) in [4.78, 5) is 4.49. The fourth-order valence-electron chi connectivity index (χ4n) is 0.771. The van der Waals surface area contributed by atoms with Gasteiger partial charge >= 0.3 is 0 Å². The predicted molar refractivity (Wildman–Crippen MR) is 37.1 cm³/mol. The first-order valence-electron chi connectivity index (χ1n) is 3.15. The molecule has 0 aromatic carbocycles. The molecule has 0 saturated carbocycles. The summed E-state index contributed by atoms with van der Waals surface area (Å²) in [5, 5.41) is 6.53. The van der Waals surface area contributed by atoms with Crippen molar-refractivity contribution in [2.75, 3.05) is 6.61 Å². The molecule has 1 aromatic heterocycles. The molecule has 1 aromatic rings. The van der Waals surface area contributed by atoms with E-state index in [0.717, 1.165) is 5.56 Å². The monoisotopic (exact) mass is 141 g/mol. The van der Waals surface area contributed by atoms with E-state index in [1.54, 1.807) is 6.20 Å². The third kappa shape index (κ3) is 1.55. The van der Waals surface area contributed by atoms with Crippen molar-refractivity contribution in [1.82, 2.24) is 10.2 Å². The molecular weight excluding hydrogens is 130 g/mol. The molecule has 4 heteroatoms. The zero-order chi connectivity index (χ0) is 7.40. The van der Waals surface area contributed by atoms with Crippen LogP contribution >= 0.6 is 0 Å². The van der Waals surface area contributed by atoms with Gasteiger partial charge in [-0.2, -0.15) is 5.10 Å². The standard InChI is InChI=1S/C6H11N3O/c1-5(4-10-7)6-2-8-9-3-6/h2-3,5H,4,7H2,1H3,(H,8,9). The zero-order valence-electron chi connectivity index (χ0n) is 5.87. The van der Waals surface area contributed by atoms with Gasteiger partial charge in [0.1, 0.15) is 0 Å². The first-order chi connectivity index (χ1) is 4.84. The van der Waals surface area contributed by atoms with Gasteiger partial charge in [0.05, 0.1) is 12.8 Å². The number of aromatic nitrogens is 2. The quantitative estimate of drug-likeness (QED) is 0.599. The summed E-state index contributed by atoms with van der Waals surface area (Å²) in [5.74, 6) is 5.21. The van der Waals surface area contributed by atoms with Crippen LogP contribution in [0.2, 0.25) is 0 Å². The van der Waals surface area contributed by atoms with E-state index in [0.29, 0.717) is 12.5 Å². The molecule has 0 aliphatic carbocycles. The van der Waals surface area contributed by atoms with Gasteiger partial charge in [0.15, 0.2) is 0 Å². The van der Waals surface area contributed by atoms with Crippen molar-refractivity contribution in [3.63, 3.8) is 0 Å². The minimum absolute atomic E-state index is 0.309. The Morgan fingerprint density at radius 1 is 1.90 bits per heavy atom. The third-order valence-corrected chi connectivity index (χ3v) is 1.43. The third-order valence-electron chi connectivity index (χ3n) is 1.43. The number of H-pyrrole nitrogens is 1. The van der Waals surface area contributed by atoms with E-state index >= 15 is 0 Å². The Morgan fingerprint density at radius 3 is 3.20 bits per heavy atom. The Balaban J connectivity index is 2.50. The van der Waals surface area contributed by atoms with Gasteiger partial charge in [0, 0.05) is 12.1 Å². The molecule has 0 spiro atoms. The molecule has 1 unspecified atom stereocenters. The number of nitrogens with two attached hydrogens (primary N) is 1. The minimum atomic E-state index is 0.309. The molecule has 0 amide bonds. The van der Waals surface area contributed by atoms with Gasteiger partial charge in [-0.3, -0.25) is 5.10 Å². The number of rotatable bonds is 3. The summed E-state index contributed by atoms with van der Waals surface area (Å²) < 4.78 is 0. The van der Waals surface area contributed by atoms with Crippen LogP contribution in [-0.4, -0.2) is 16.8 Å². The van der Waals surface area contributed by atoms with Crippen LogP contribution in [0.1, 0.15) is 18.4 Å². The predicted octanol–water partition coefficient (Wildman–Crippen LogP) is 0.403. The van der Waals surface area contributed by atoms with Gasteiger partial charge in [0.25, 0.3) is 0 Å². The summed E-state index contributed by atoms with van der Waals surface area (Å²) in [6.07, 6.45) is 3.60. The van der Waals surface area contributed by atoms with Crippen molar-refractivity contribution in [2.24, 2.45) is 5.90 Å². The second-order valence-corrected chi connectivity index (χ2v) is 2.27. The molecule has 0 aliphatic rings. The minimum Gasteiger partial charge on any atom is -0.304 e. The lowest BCUT2D eigenvalue weighted by molar-refractivity contribution is 0.126. The normalized spacial score (nSPS) is 13.4. The van der Waals surface area contributed by atoms with Crippen molar-refractivity contribution in [1.29, 1.82) is 0 Å². The molecule has 0 bridgehead atoms. The lowest BCUT2D eigenvalue weighted by Gasteiger charge is -2.04. The molecule has 0 fully saturated rings. The van der Waals surface area contributed by atoms with Crippen molar-refractivity contribution < 1.29 is 4.84 Å². The lowest BCUT2D eigenvalue weighted by Crippen LogP contribution is -2.07. The topological polar surface area (TPSA) is 63.9 Å². The second kappa shape index (κ2) is 3.34. The molecule has 3 N–H and O–H groups in total.